The highest BCUT2D eigenvalue weighted by Gasteiger charge is 2.29. The molecule has 1 N–H and O–H groups in total. The second-order valence-electron chi connectivity index (χ2n) is 6.49. The summed E-state index contributed by atoms with van der Waals surface area (Å²) in [4.78, 5) is 33.1. The lowest BCUT2D eigenvalue weighted by Crippen LogP contribution is -2.44. The molecule has 1 aromatic heterocycles. The van der Waals surface area contributed by atoms with Crippen molar-refractivity contribution in [1.29, 1.82) is 0 Å². The molecule has 0 spiro atoms. The van der Waals surface area contributed by atoms with Crippen LogP contribution in [0.5, 0.6) is 5.75 Å². The monoisotopic (exact) mass is 361 g/mol. The molecule has 0 bridgehead atoms. The van der Waals surface area contributed by atoms with Crippen molar-refractivity contribution in [2.75, 3.05) is 6.61 Å². The minimum absolute atomic E-state index is 0.104. The van der Waals surface area contributed by atoms with Crippen molar-refractivity contribution in [1.82, 2.24) is 15.3 Å². The third kappa shape index (κ3) is 3.51. The number of benzene rings is 2. The molecule has 4 rings (SSSR count). The van der Waals surface area contributed by atoms with E-state index < -0.39 is 0 Å². The average Bonchev–Trinajstić information content (AvgIpc) is 2.66. The van der Waals surface area contributed by atoms with Crippen LogP contribution in [0.4, 0.5) is 0 Å². The molecule has 6 heteroatoms. The highest BCUT2D eigenvalue weighted by atomic mass is 16.5. The number of Topliss-reactive ketones (excluding diaryl/α,β-unsaturated/α-hetero) is 1. The third-order valence-electron chi connectivity index (χ3n) is 4.53. The Kier molecular flexibility index (Phi) is 4.54. The lowest BCUT2D eigenvalue weighted by Gasteiger charge is -2.25. The normalized spacial score (nSPS) is 14.0. The molecule has 1 heterocycles. The van der Waals surface area contributed by atoms with Crippen LogP contribution in [-0.2, 0) is 4.79 Å². The molecular weight excluding hydrogens is 342 g/mol. The second kappa shape index (κ2) is 7.15. The molecule has 0 unspecified atom stereocenters. The summed E-state index contributed by atoms with van der Waals surface area (Å²) >= 11 is 0. The molecule has 27 heavy (non-hydrogen) atoms. The summed E-state index contributed by atoms with van der Waals surface area (Å²) in [5, 5.41) is 3.58. The van der Waals surface area contributed by atoms with E-state index >= 15 is 0 Å². The van der Waals surface area contributed by atoms with Gasteiger partial charge in [-0.2, -0.15) is 0 Å². The first kappa shape index (κ1) is 17.1. The van der Waals surface area contributed by atoms with E-state index in [2.05, 4.69) is 15.3 Å². The van der Waals surface area contributed by atoms with Crippen molar-refractivity contribution in [3.05, 3.63) is 54.2 Å². The zero-order valence-electron chi connectivity index (χ0n) is 14.9. The number of fused-ring (bicyclic) bond motifs is 1. The van der Waals surface area contributed by atoms with E-state index in [-0.39, 0.29) is 17.7 Å². The number of nitrogens with zero attached hydrogens (tertiary/aromatic N) is 2. The summed E-state index contributed by atoms with van der Waals surface area (Å²) in [6, 6.07) is 14.8. The largest absolute Gasteiger partial charge is 0.494 e. The van der Waals surface area contributed by atoms with E-state index in [0.717, 1.165) is 11.3 Å². The molecule has 1 amide bonds. The number of carbonyl (C=O) groups is 2. The molecule has 0 aliphatic heterocycles. The number of aromatic nitrogens is 2. The number of hydrogen-bond acceptors (Lipinski definition) is 5. The maximum atomic E-state index is 12.8. The van der Waals surface area contributed by atoms with Gasteiger partial charge < -0.3 is 10.1 Å². The van der Waals surface area contributed by atoms with Gasteiger partial charge in [0.05, 0.1) is 12.1 Å². The molecule has 136 valence electrons. The molecule has 0 atom stereocenters. The second-order valence-corrected chi connectivity index (χ2v) is 6.49. The van der Waals surface area contributed by atoms with E-state index in [1.165, 1.54) is 0 Å². The standard InChI is InChI=1S/C21H19N3O3/c1-2-27-16-9-7-13(8-10-16)20-23-18-6-4-3-5-17(18)19(24-20)21(26)22-14-11-15(25)12-14/h3-10,14H,2,11-12H2,1H3,(H,22,26). The number of hydrogen-bond donors (Lipinski definition) is 1. The van der Waals surface area contributed by atoms with Crippen LogP contribution in [0.25, 0.3) is 22.3 Å². The minimum atomic E-state index is -0.279. The molecule has 1 aliphatic carbocycles. The molecule has 2 aromatic carbocycles. The van der Waals surface area contributed by atoms with Crippen molar-refractivity contribution < 1.29 is 14.3 Å². The van der Waals surface area contributed by atoms with Crippen molar-refractivity contribution in [2.24, 2.45) is 0 Å². The van der Waals surface area contributed by atoms with Gasteiger partial charge in [-0.05, 0) is 37.3 Å². The van der Waals surface area contributed by atoms with Crippen LogP contribution in [0.1, 0.15) is 30.3 Å². The van der Waals surface area contributed by atoms with Gasteiger partial charge >= 0.3 is 0 Å². The Morgan fingerprint density at radius 1 is 1.11 bits per heavy atom. The summed E-state index contributed by atoms with van der Waals surface area (Å²) in [7, 11) is 0. The predicted octanol–water partition coefficient (Wildman–Crippen LogP) is 3.16. The van der Waals surface area contributed by atoms with Gasteiger partial charge in [-0.25, -0.2) is 9.97 Å². The van der Waals surface area contributed by atoms with Gasteiger partial charge in [-0.3, -0.25) is 9.59 Å². The molecule has 0 radical (unpaired) electrons. The van der Waals surface area contributed by atoms with E-state index in [0.29, 0.717) is 41.9 Å². The first-order valence-electron chi connectivity index (χ1n) is 8.96. The Balaban J connectivity index is 1.71. The number of amides is 1. The lowest BCUT2D eigenvalue weighted by atomic mass is 9.91. The van der Waals surface area contributed by atoms with Gasteiger partial charge in [-0.1, -0.05) is 18.2 Å². The zero-order valence-corrected chi connectivity index (χ0v) is 14.9. The Bertz CT molecular complexity index is 1010. The molecule has 3 aromatic rings. The topological polar surface area (TPSA) is 81.2 Å². The number of para-hydroxylation sites is 1. The molecule has 0 saturated heterocycles. The number of ketones is 1. The van der Waals surface area contributed by atoms with Gasteiger partial charge in [0.25, 0.3) is 5.91 Å². The van der Waals surface area contributed by atoms with Crippen LogP contribution in [0.2, 0.25) is 0 Å². The molecular formula is C21H19N3O3. The fourth-order valence-electron chi connectivity index (χ4n) is 3.09. The predicted molar refractivity (Wildman–Crippen MR) is 102 cm³/mol. The summed E-state index contributed by atoms with van der Waals surface area (Å²) in [5.41, 5.74) is 1.83. The van der Waals surface area contributed by atoms with Gasteiger partial charge in [0.1, 0.15) is 17.2 Å². The fourth-order valence-corrected chi connectivity index (χ4v) is 3.09. The van der Waals surface area contributed by atoms with E-state index in [9.17, 15) is 9.59 Å². The quantitative estimate of drug-likeness (QED) is 0.755. The summed E-state index contributed by atoms with van der Waals surface area (Å²) in [6.45, 7) is 2.53. The highest BCUT2D eigenvalue weighted by molar-refractivity contribution is 6.05. The fraction of sp³-hybridized carbons (Fsp3) is 0.238. The Labute approximate surface area is 156 Å². The van der Waals surface area contributed by atoms with Gasteiger partial charge in [-0.15, -0.1) is 0 Å². The summed E-state index contributed by atoms with van der Waals surface area (Å²) < 4.78 is 5.47. The third-order valence-corrected chi connectivity index (χ3v) is 4.53. The SMILES string of the molecule is CCOc1ccc(-c2nc(C(=O)NC3CC(=O)C3)c3ccccc3n2)cc1. The van der Waals surface area contributed by atoms with Crippen molar-refractivity contribution in [2.45, 2.75) is 25.8 Å². The Morgan fingerprint density at radius 3 is 2.56 bits per heavy atom. The maximum Gasteiger partial charge on any atom is 0.270 e. The van der Waals surface area contributed by atoms with E-state index in [1.54, 1.807) is 0 Å². The van der Waals surface area contributed by atoms with E-state index in [1.807, 2.05) is 55.5 Å². The van der Waals surface area contributed by atoms with Gasteiger partial charge in [0.2, 0.25) is 0 Å². The molecule has 6 nitrogen and oxygen atoms in total. The van der Waals surface area contributed by atoms with Crippen LogP contribution in [-0.4, -0.2) is 34.3 Å². The smallest absolute Gasteiger partial charge is 0.270 e. The van der Waals surface area contributed by atoms with Crippen LogP contribution < -0.4 is 10.1 Å². The first-order valence-corrected chi connectivity index (χ1v) is 8.96. The Hall–Kier alpha value is -3.28. The lowest BCUT2D eigenvalue weighted by molar-refractivity contribution is -0.124. The first-order chi connectivity index (χ1) is 13.1. The number of rotatable bonds is 5. The Morgan fingerprint density at radius 2 is 1.85 bits per heavy atom. The number of ether oxygens (including phenoxy) is 1. The van der Waals surface area contributed by atoms with Gasteiger partial charge in [0, 0.05) is 29.8 Å². The van der Waals surface area contributed by atoms with Crippen molar-refractivity contribution >= 4 is 22.6 Å². The molecule has 1 saturated carbocycles. The zero-order chi connectivity index (χ0) is 18.8. The van der Waals surface area contributed by atoms with Crippen LogP contribution in [0, 0.1) is 0 Å². The van der Waals surface area contributed by atoms with Crippen LogP contribution in [0.3, 0.4) is 0 Å². The van der Waals surface area contributed by atoms with E-state index in [4.69, 9.17) is 4.74 Å². The highest BCUT2D eigenvalue weighted by Crippen LogP contribution is 2.24. The van der Waals surface area contributed by atoms with Crippen LogP contribution in [0.15, 0.2) is 48.5 Å². The summed E-state index contributed by atoms with van der Waals surface area (Å²) in [5.74, 6) is 1.14. The maximum absolute atomic E-state index is 12.8. The summed E-state index contributed by atoms with van der Waals surface area (Å²) in [6.07, 6.45) is 0.779. The minimum Gasteiger partial charge on any atom is -0.494 e. The number of nitrogens with one attached hydrogen (secondary N) is 1. The molecule has 1 fully saturated rings. The van der Waals surface area contributed by atoms with Crippen molar-refractivity contribution in [3.8, 4) is 17.1 Å². The van der Waals surface area contributed by atoms with Crippen molar-refractivity contribution in [3.63, 3.8) is 0 Å². The average molecular weight is 361 g/mol. The van der Waals surface area contributed by atoms with Gasteiger partial charge in [0.15, 0.2) is 5.82 Å². The number of carbonyl (C=O) groups excluding carboxylic acids is 2. The molecule has 1 aliphatic rings. The van der Waals surface area contributed by atoms with Crippen LogP contribution >= 0.6 is 0 Å².